The van der Waals surface area contributed by atoms with Crippen molar-refractivity contribution in [3.8, 4) is 0 Å². The van der Waals surface area contributed by atoms with E-state index in [0.29, 0.717) is 12.5 Å². The largest absolute Gasteiger partial charge is 0.303 e. The molecule has 1 saturated heterocycles. The molecule has 1 heterocycles. The average Bonchev–Trinajstić information content (AvgIpc) is 2.09. The van der Waals surface area contributed by atoms with Crippen LogP contribution in [0.3, 0.4) is 0 Å². The zero-order valence-corrected chi connectivity index (χ0v) is 8.99. The van der Waals surface area contributed by atoms with Crippen LogP contribution in [-0.2, 0) is 4.79 Å². The van der Waals surface area contributed by atoms with Gasteiger partial charge < -0.3 is 4.79 Å². The van der Waals surface area contributed by atoms with Crippen molar-refractivity contribution in [2.75, 3.05) is 13.1 Å². The van der Waals surface area contributed by atoms with Gasteiger partial charge in [0.15, 0.2) is 0 Å². The van der Waals surface area contributed by atoms with Gasteiger partial charge in [-0.1, -0.05) is 13.8 Å². The lowest BCUT2D eigenvalue weighted by Gasteiger charge is -2.40. The maximum Gasteiger partial charge on any atom is 0.121 e. The van der Waals surface area contributed by atoms with E-state index in [-0.39, 0.29) is 0 Å². The van der Waals surface area contributed by atoms with Gasteiger partial charge in [-0.15, -0.1) is 0 Å². The molecule has 1 aliphatic heterocycles. The lowest BCUT2D eigenvalue weighted by atomic mass is 9.86. The zero-order chi connectivity index (χ0) is 9.84. The van der Waals surface area contributed by atoms with Crippen LogP contribution in [0.15, 0.2) is 0 Å². The molecular formula is C11H21NO. The van der Waals surface area contributed by atoms with Crippen LogP contribution in [0, 0.1) is 11.8 Å². The summed E-state index contributed by atoms with van der Waals surface area (Å²) in [6.45, 7) is 9.00. The second kappa shape index (κ2) is 4.75. The van der Waals surface area contributed by atoms with Gasteiger partial charge in [-0.2, -0.15) is 0 Å². The van der Waals surface area contributed by atoms with Crippen molar-refractivity contribution in [3.05, 3.63) is 0 Å². The van der Waals surface area contributed by atoms with Crippen molar-refractivity contribution in [2.45, 2.75) is 39.7 Å². The number of carbonyl (C=O) groups is 1. The number of hydrogen-bond donors (Lipinski definition) is 0. The Kier molecular flexibility index (Phi) is 3.91. The second-order valence-corrected chi connectivity index (χ2v) is 4.51. The summed E-state index contributed by atoms with van der Waals surface area (Å²) < 4.78 is 0. The van der Waals surface area contributed by atoms with Crippen LogP contribution in [-0.4, -0.2) is 30.3 Å². The standard InChI is InChI=1S/C11H21NO/c1-9-7-10(2)11(3)12(8-9)5-4-6-13/h6,9-11H,4-5,7-8H2,1-3H3. The summed E-state index contributed by atoms with van der Waals surface area (Å²) in [6.07, 6.45) is 3.04. The molecule has 0 saturated carbocycles. The Hall–Kier alpha value is -0.370. The molecular weight excluding hydrogens is 162 g/mol. The van der Waals surface area contributed by atoms with Crippen molar-refractivity contribution < 1.29 is 4.79 Å². The molecule has 0 aromatic heterocycles. The Morgan fingerprint density at radius 1 is 1.38 bits per heavy atom. The van der Waals surface area contributed by atoms with Gasteiger partial charge in [0, 0.05) is 25.6 Å². The van der Waals surface area contributed by atoms with E-state index in [1.165, 1.54) is 13.0 Å². The highest BCUT2D eigenvalue weighted by atomic mass is 16.1. The topological polar surface area (TPSA) is 20.3 Å². The quantitative estimate of drug-likeness (QED) is 0.623. The fraction of sp³-hybridized carbons (Fsp3) is 0.909. The summed E-state index contributed by atoms with van der Waals surface area (Å²) >= 11 is 0. The van der Waals surface area contributed by atoms with Crippen molar-refractivity contribution in [3.63, 3.8) is 0 Å². The number of piperidine rings is 1. The summed E-state index contributed by atoms with van der Waals surface area (Å²) in [5, 5.41) is 0. The molecule has 1 aliphatic rings. The first kappa shape index (κ1) is 10.7. The highest BCUT2D eigenvalue weighted by Gasteiger charge is 2.27. The number of rotatable bonds is 3. The van der Waals surface area contributed by atoms with Gasteiger partial charge in [-0.25, -0.2) is 0 Å². The molecule has 0 N–H and O–H groups in total. The van der Waals surface area contributed by atoms with E-state index in [1.807, 2.05) is 0 Å². The Morgan fingerprint density at radius 2 is 2.08 bits per heavy atom. The lowest BCUT2D eigenvalue weighted by molar-refractivity contribution is -0.108. The van der Waals surface area contributed by atoms with Crippen molar-refractivity contribution in [1.82, 2.24) is 4.90 Å². The van der Waals surface area contributed by atoms with Crippen molar-refractivity contribution >= 4 is 6.29 Å². The van der Waals surface area contributed by atoms with Crippen LogP contribution >= 0.6 is 0 Å². The third-order valence-electron chi connectivity index (χ3n) is 3.25. The first-order chi connectivity index (χ1) is 6.15. The Labute approximate surface area is 81.3 Å². The predicted octanol–water partition coefficient (Wildman–Crippen LogP) is 1.94. The van der Waals surface area contributed by atoms with Crippen molar-refractivity contribution in [2.24, 2.45) is 11.8 Å². The van der Waals surface area contributed by atoms with E-state index in [1.54, 1.807) is 0 Å². The molecule has 2 heteroatoms. The van der Waals surface area contributed by atoms with E-state index in [2.05, 4.69) is 25.7 Å². The molecule has 1 fully saturated rings. The summed E-state index contributed by atoms with van der Waals surface area (Å²) in [6, 6.07) is 0.649. The van der Waals surface area contributed by atoms with Gasteiger partial charge >= 0.3 is 0 Å². The minimum atomic E-state index is 0.649. The number of carbonyl (C=O) groups excluding carboxylic acids is 1. The Bertz CT molecular complexity index is 169. The molecule has 3 unspecified atom stereocenters. The van der Waals surface area contributed by atoms with E-state index in [4.69, 9.17) is 0 Å². The Balaban J connectivity index is 2.45. The van der Waals surface area contributed by atoms with Crippen LogP contribution in [0.1, 0.15) is 33.6 Å². The molecule has 2 nitrogen and oxygen atoms in total. The molecule has 1 rings (SSSR count). The highest BCUT2D eigenvalue weighted by molar-refractivity contribution is 5.49. The normalized spacial score (nSPS) is 36.1. The lowest BCUT2D eigenvalue weighted by Crippen LogP contribution is -2.46. The minimum absolute atomic E-state index is 0.649. The fourth-order valence-electron chi connectivity index (χ4n) is 2.35. The molecule has 0 aromatic carbocycles. The molecule has 0 spiro atoms. The first-order valence-corrected chi connectivity index (χ1v) is 5.32. The van der Waals surface area contributed by atoms with Crippen LogP contribution in [0.4, 0.5) is 0 Å². The number of aldehydes is 1. The highest BCUT2D eigenvalue weighted by Crippen LogP contribution is 2.26. The van der Waals surface area contributed by atoms with E-state index >= 15 is 0 Å². The maximum absolute atomic E-state index is 10.3. The molecule has 0 radical (unpaired) electrons. The average molecular weight is 183 g/mol. The summed E-state index contributed by atoms with van der Waals surface area (Å²) in [5.41, 5.74) is 0. The minimum Gasteiger partial charge on any atom is -0.303 e. The fourth-order valence-corrected chi connectivity index (χ4v) is 2.35. The predicted molar refractivity (Wildman–Crippen MR) is 54.7 cm³/mol. The van der Waals surface area contributed by atoms with Crippen molar-refractivity contribution in [1.29, 1.82) is 0 Å². The van der Waals surface area contributed by atoms with Gasteiger partial charge in [0.1, 0.15) is 6.29 Å². The summed E-state index contributed by atoms with van der Waals surface area (Å²) in [7, 11) is 0. The molecule has 0 aromatic rings. The Morgan fingerprint density at radius 3 is 2.69 bits per heavy atom. The monoisotopic (exact) mass is 183 g/mol. The van der Waals surface area contributed by atoms with E-state index in [9.17, 15) is 4.79 Å². The second-order valence-electron chi connectivity index (χ2n) is 4.51. The van der Waals surface area contributed by atoms with Gasteiger partial charge in [0.2, 0.25) is 0 Å². The smallest absolute Gasteiger partial charge is 0.121 e. The van der Waals surface area contributed by atoms with Crippen LogP contribution in [0.25, 0.3) is 0 Å². The molecule has 0 amide bonds. The zero-order valence-electron chi connectivity index (χ0n) is 8.99. The maximum atomic E-state index is 10.3. The van der Waals surface area contributed by atoms with Crippen LogP contribution < -0.4 is 0 Å². The number of nitrogens with zero attached hydrogens (tertiary/aromatic N) is 1. The molecule has 76 valence electrons. The van der Waals surface area contributed by atoms with Crippen LogP contribution in [0.5, 0.6) is 0 Å². The van der Waals surface area contributed by atoms with Gasteiger partial charge in [-0.05, 0) is 25.2 Å². The summed E-state index contributed by atoms with van der Waals surface area (Å²) in [5.74, 6) is 1.56. The first-order valence-electron chi connectivity index (χ1n) is 5.32. The van der Waals surface area contributed by atoms with Gasteiger partial charge in [0.25, 0.3) is 0 Å². The van der Waals surface area contributed by atoms with E-state index < -0.39 is 0 Å². The number of hydrogen-bond acceptors (Lipinski definition) is 2. The van der Waals surface area contributed by atoms with Crippen LogP contribution in [0.2, 0.25) is 0 Å². The molecule has 13 heavy (non-hydrogen) atoms. The molecule has 3 atom stereocenters. The van der Waals surface area contributed by atoms with E-state index in [0.717, 1.165) is 24.7 Å². The number of likely N-dealkylation sites (tertiary alicyclic amines) is 1. The SMILES string of the molecule is CC1CC(C)C(C)N(CCC=O)C1. The van der Waals surface area contributed by atoms with Gasteiger partial charge in [0.05, 0.1) is 0 Å². The third kappa shape index (κ3) is 2.80. The third-order valence-corrected chi connectivity index (χ3v) is 3.25. The van der Waals surface area contributed by atoms with Gasteiger partial charge in [-0.3, -0.25) is 4.90 Å². The molecule has 0 aliphatic carbocycles. The molecule has 0 bridgehead atoms. The summed E-state index contributed by atoms with van der Waals surface area (Å²) in [4.78, 5) is 12.7.